The first-order valence-corrected chi connectivity index (χ1v) is 6.86. The van der Waals surface area contributed by atoms with Gasteiger partial charge in [-0.1, -0.05) is 26.0 Å². The Labute approximate surface area is 122 Å². The lowest BCUT2D eigenvalue weighted by Gasteiger charge is -2.27. The maximum atomic E-state index is 12.1. The van der Waals surface area contributed by atoms with Crippen LogP contribution in [0.4, 0.5) is 0 Å². The minimum atomic E-state index is -0.721. The van der Waals surface area contributed by atoms with E-state index >= 15 is 0 Å². The van der Waals surface area contributed by atoms with Gasteiger partial charge in [0.1, 0.15) is 0 Å². The molecule has 0 fully saturated rings. The van der Waals surface area contributed by atoms with Crippen LogP contribution in [0.25, 0.3) is 0 Å². The van der Waals surface area contributed by atoms with E-state index in [9.17, 15) is 9.90 Å². The summed E-state index contributed by atoms with van der Waals surface area (Å²) in [7, 11) is 0. The molecule has 1 aromatic heterocycles. The molecule has 2 atom stereocenters. The third kappa shape index (κ3) is 1.90. The smallest absolute Gasteiger partial charge is 0.251 e. The number of hydrogen-bond donors (Lipinski definition) is 1. The van der Waals surface area contributed by atoms with Gasteiger partial charge in [-0.05, 0) is 29.3 Å². The van der Waals surface area contributed by atoms with Gasteiger partial charge in [0.25, 0.3) is 5.56 Å². The van der Waals surface area contributed by atoms with Crippen LogP contribution in [0.15, 0.2) is 47.4 Å². The topological polar surface area (TPSA) is 66.0 Å². The molecule has 1 N–H and O–H groups in total. The van der Waals surface area contributed by atoms with Gasteiger partial charge in [-0.2, -0.15) is 5.26 Å². The number of rotatable bonds is 1. The molecule has 1 aliphatic rings. The van der Waals surface area contributed by atoms with E-state index in [0.29, 0.717) is 5.56 Å². The fourth-order valence-electron chi connectivity index (χ4n) is 3.14. The van der Waals surface area contributed by atoms with Crippen LogP contribution in [0.3, 0.4) is 0 Å². The zero-order chi connectivity index (χ0) is 15.2. The third-order valence-corrected chi connectivity index (χ3v) is 4.38. The van der Waals surface area contributed by atoms with Gasteiger partial charge in [-0.15, -0.1) is 0 Å². The summed E-state index contributed by atoms with van der Waals surface area (Å²) in [5.41, 5.74) is 1.74. The molecular formula is C17H16N2O2. The van der Waals surface area contributed by atoms with Crippen LogP contribution in [0, 0.1) is 11.3 Å². The molecule has 0 unspecified atom stereocenters. The average Bonchev–Trinajstić information content (AvgIpc) is 2.67. The van der Waals surface area contributed by atoms with Crippen molar-refractivity contribution >= 4 is 0 Å². The highest BCUT2D eigenvalue weighted by Gasteiger charge is 2.46. The number of fused-ring (bicyclic) bond motifs is 1. The Balaban J connectivity index is 2.25. The Bertz CT molecular complexity index is 799. The van der Waals surface area contributed by atoms with Gasteiger partial charge in [0, 0.05) is 17.7 Å². The number of hydrogen-bond acceptors (Lipinski definition) is 3. The van der Waals surface area contributed by atoms with Crippen molar-refractivity contribution in [2.45, 2.75) is 31.4 Å². The van der Waals surface area contributed by atoms with E-state index < -0.39 is 17.6 Å². The highest BCUT2D eigenvalue weighted by Crippen LogP contribution is 2.46. The molecule has 0 saturated carbocycles. The van der Waals surface area contributed by atoms with E-state index in [-0.39, 0.29) is 5.56 Å². The Kier molecular flexibility index (Phi) is 2.96. The van der Waals surface area contributed by atoms with Crippen molar-refractivity contribution in [2.24, 2.45) is 0 Å². The molecule has 0 radical (unpaired) electrons. The summed E-state index contributed by atoms with van der Waals surface area (Å²) in [5.74, 6) is 0. The summed E-state index contributed by atoms with van der Waals surface area (Å²) in [6.07, 6.45) is 0.973. The zero-order valence-corrected chi connectivity index (χ0v) is 11.9. The second-order valence-corrected chi connectivity index (χ2v) is 5.97. The fraction of sp³-hybridized carbons (Fsp3) is 0.294. The van der Waals surface area contributed by atoms with Crippen LogP contribution in [-0.4, -0.2) is 15.8 Å². The number of aromatic nitrogens is 1. The molecule has 4 nitrogen and oxygen atoms in total. The van der Waals surface area contributed by atoms with Crippen molar-refractivity contribution in [3.63, 3.8) is 0 Å². The van der Waals surface area contributed by atoms with Crippen molar-refractivity contribution in [2.75, 3.05) is 0 Å². The van der Waals surface area contributed by atoms with Crippen molar-refractivity contribution in [1.82, 2.24) is 4.57 Å². The van der Waals surface area contributed by atoms with Crippen LogP contribution >= 0.6 is 0 Å². The standard InChI is InChI=1S/C17H16N2O2/c1-17(2)13-9-11(10-18)6-7-12(13)15(16(17)21)19-8-4-3-5-14(19)20/h3-9,15-16,21H,1-2H3/t15-,16+/m1/s1. The highest BCUT2D eigenvalue weighted by molar-refractivity contribution is 5.49. The van der Waals surface area contributed by atoms with Crippen molar-refractivity contribution in [3.05, 3.63) is 69.6 Å². The summed E-state index contributed by atoms with van der Waals surface area (Å²) < 4.78 is 1.56. The van der Waals surface area contributed by atoms with E-state index in [1.807, 2.05) is 26.0 Å². The van der Waals surface area contributed by atoms with Gasteiger partial charge in [0.2, 0.25) is 0 Å². The maximum absolute atomic E-state index is 12.1. The number of pyridine rings is 1. The molecule has 0 amide bonds. The molecule has 106 valence electrons. The summed E-state index contributed by atoms with van der Waals surface area (Å²) in [4.78, 5) is 12.1. The first kappa shape index (κ1) is 13.6. The normalized spacial score (nSPS) is 22.6. The first-order chi connectivity index (χ1) is 9.96. The Morgan fingerprint density at radius 1 is 1.29 bits per heavy atom. The number of nitriles is 1. The molecule has 0 aliphatic heterocycles. The van der Waals surface area contributed by atoms with Gasteiger partial charge in [0.15, 0.2) is 0 Å². The molecular weight excluding hydrogens is 264 g/mol. The summed E-state index contributed by atoms with van der Waals surface area (Å²) >= 11 is 0. The van der Waals surface area contributed by atoms with Crippen LogP contribution in [-0.2, 0) is 5.41 Å². The molecule has 1 aliphatic carbocycles. The van der Waals surface area contributed by atoms with E-state index in [2.05, 4.69) is 6.07 Å². The molecule has 0 spiro atoms. The SMILES string of the molecule is CC1(C)c2cc(C#N)ccc2[C@@H](n2ccccc2=O)[C@@H]1O. The largest absolute Gasteiger partial charge is 0.390 e. The molecule has 0 bridgehead atoms. The number of benzene rings is 1. The Hall–Kier alpha value is -2.38. The van der Waals surface area contributed by atoms with Crippen molar-refractivity contribution in [1.29, 1.82) is 5.26 Å². The minimum absolute atomic E-state index is 0.144. The van der Waals surface area contributed by atoms with Gasteiger partial charge in [-0.25, -0.2) is 0 Å². The number of nitrogens with zero attached hydrogens (tertiary/aromatic N) is 2. The fourth-order valence-corrected chi connectivity index (χ4v) is 3.14. The Morgan fingerprint density at radius 2 is 2.05 bits per heavy atom. The predicted octanol–water partition coefficient (Wildman–Crippen LogP) is 1.96. The van der Waals surface area contributed by atoms with E-state index in [1.54, 1.807) is 29.0 Å². The number of aliphatic hydroxyl groups excluding tert-OH is 1. The van der Waals surface area contributed by atoms with Gasteiger partial charge < -0.3 is 9.67 Å². The van der Waals surface area contributed by atoms with Crippen molar-refractivity contribution in [3.8, 4) is 6.07 Å². The summed E-state index contributed by atoms with van der Waals surface area (Å²) in [5, 5.41) is 19.8. The molecule has 3 rings (SSSR count). The average molecular weight is 280 g/mol. The highest BCUT2D eigenvalue weighted by atomic mass is 16.3. The lowest BCUT2D eigenvalue weighted by atomic mass is 9.84. The molecule has 21 heavy (non-hydrogen) atoms. The number of aliphatic hydroxyl groups is 1. The van der Waals surface area contributed by atoms with E-state index in [0.717, 1.165) is 11.1 Å². The molecule has 1 heterocycles. The van der Waals surface area contributed by atoms with Crippen molar-refractivity contribution < 1.29 is 5.11 Å². The van der Waals surface area contributed by atoms with E-state index in [4.69, 9.17) is 5.26 Å². The third-order valence-electron chi connectivity index (χ3n) is 4.38. The summed E-state index contributed by atoms with van der Waals surface area (Å²) in [6, 6.07) is 12.0. The molecule has 1 aromatic carbocycles. The molecule has 0 saturated heterocycles. The van der Waals surface area contributed by atoms with Gasteiger partial charge >= 0.3 is 0 Å². The lowest BCUT2D eigenvalue weighted by Crippen LogP contribution is -2.37. The predicted molar refractivity (Wildman–Crippen MR) is 79.0 cm³/mol. The molecule has 2 aromatic rings. The Morgan fingerprint density at radius 3 is 2.71 bits per heavy atom. The van der Waals surface area contributed by atoms with Crippen LogP contribution < -0.4 is 5.56 Å². The summed E-state index contributed by atoms with van der Waals surface area (Å²) in [6.45, 7) is 3.87. The van der Waals surface area contributed by atoms with Crippen LogP contribution in [0.2, 0.25) is 0 Å². The van der Waals surface area contributed by atoms with Gasteiger partial charge in [0.05, 0.1) is 23.8 Å². The second-order valence-electron chi connectivity index (χ2n) is 5.97. The van der Waals surface area contributed by atoms with Gasteiger partial charge in [-0.3, -0.25) is 4.79 Å². The second kappa shape index (κ2) is 4.57. The molecule has 4 heteroatoms. The monoisotopic (exact) mass is 280 g/mol. The first-order valence-electron chi connectivity index (χ1n) is 6.86. The quantitative estimate of drug-likeness (QED) is 0.868. The van der Waals surface area contributed by atoms with Crippen LogP contribution in [0.5, 0.6) is 0 Å². The zero-order valence-electron chi connectivity index (χ0n) is 11.9. The minimum Gasteiger partial charge on any atom is -0.390 e. The van der Waals surface area contributed by atoms with Crippen LogP contribution in [0.1, 0.15) is 36.6 Å². The maximum Gasteiger partial charge on any atom is 0.251 e. The lowest BCUT2D eigenvalue weighted by molar-refractivity contribution is 0.0799. The van der Waals surface area contributed by atoms with E-state index in [1.165, 1.54) is 6.07 Å².